The summed E-state index contributed by atoms with van der Waals surface area (Å²) in [6.07, 6.45) is 0. The quantitative estimate of drug-likeness (QED) is 0.116. The predicted octanol–water partition coefficient (Wildman–Crippen LogP) is -0.366. The topological polar surface area (TPSA) is 192 Å². The molecule has 3 heterocycles. The van der Waals surface area contributed by atoms with Gasteiger partial charge in [0, 0.05) is 24.1 Å². The summed E-state index contributed by atoms with van der Waals surface area (Å²) >= 11 is 2.55. The monoisotopic (exact) mass is 521 g/mol. The Kier molecular flexibility index (Phi) is 6.83. The highest BCUT2D eigenvalue weighted by Gasteiger charge is 2.54. The van der Waals surface area contributed by atoms with Gasteiger partial charge in [-0.1, -0.05) is 16.9 Å². The summed E-state index contributed by atoms with van der Waals surface area (Å²) in [7, 11) is 2.98. The van der Waals surface area contributed by atoms with Gasteiger partial charge in [-0.2, -0.15) is 0 Å². The first-order valence-electron chi connectivity index (χ1n) is 9.92. The summed E-state index contributed by atoms with van der Waals surface area (Å²) in [4.78, 5) is 38.8. The van der Waals surface area contributed by atoms with E-state index in [4.69, 9.17) is 4.74 Å². The van der Waals surface area contributed by atoms with E-state index in [1.54, 1.807) is 7.05 Å². The number of nitrogens with one attached hydrogen (secondary N) is 1. The lowest BCUT2D eigenvalue weighted by Gasteiger charge is -2.49. The number of thioether (sulfide) groups is 2. The average molecular weight is 522 g/mol. The first kappa shape index (κ1) is 24.3. The van der Waals surface area contributed by atoms with Crippen LogP contribution in [-0.2, 0) is 21.4 Å². The Morgan fingerprint density at radius 3 is 2.80 bits per heavy atom. The molecule has 1 saturated heterocycles. The van der Waals surface area contributed by atoms with Crippen LogP contribution in [0.25, 0.3) is 0 Å². The van der Waals surface area contributed by atoms with E-state index in [-0.39, 0.29) is 28.5 Å². The van der Waals surface area contributed by atoms with Crippen molar-refractivity contribution in [2.75, 3.05) is 18.6 Å². The van der Waals surface area contributed by atoms with Crippen LogP contribution in [0.15, 0.2) is 39.8 Å². The molecule has 0 radical (unpaired) electrons. The lowest BCUT2D eigenvalue weighted by Crippen LogP contribution is -2.71. The van der Waals surface area contributed by atoms with E-state index in [2.05, 4.69) is 26.0 Å². The van der Waals surface area contributed by atoms with Crippen molar-refractivity contribution in [1.29, 1.82) is 0 Å². The first-order valence-corrected chi connectivity index (χ1v) is 12.0. The highest BCUT2D eigenvalue weighted by Crippen LogP contribution is 2.41. The number of methoxy groups -OCH3 is 1. The summed E-state index contributed by atoms with van der Waals surface area (Å²) in [6, 6.07) is 2.89. The Balaban J connectivity index is 1.49. The molecule has 1 fully saturated rings. The average Bonchev–Trinajstić information content (AvgIpc) is 3.26. The fourth-order valence-electron chi connectivity index (χ4n) is 3.56. The third kappa shape index (κ3) is 4.49. The highest BCUT2D eigenvalue weighted by molar-refractivity contribution is 8.01. The van der Waals surface area contributed by atoms with Gasteiger partial charge in [0.2, 0.25) is 5.16 Å². The number of benzene rings is 1. The molecular formula is C19H19N7O7S2. The molecule has 4 N–H and O–H groups in total. The molecule has 16 heteroatoms. The third-order valence-electron chi connectivity index (χ3n) is 5.26. The summed E-state index contributed by atoms with van der Waals surface area (Å²) < 4.78 is 6.45. The van der Waals surface area contributed by atoms with Crippen LogP contribution in [0.4, 0.5) is 0 Å². The number of hydrogen-bond donors (Lipinski definition) is 4. The second-order valence-corrected chi connectivity index (χ2v) is 9.37. The van der Waals surface area contributed by atoms with E-state index in [0.29, 0.717) is 16.5 Å². The number of aromatic hydroxyl groups is 1. The number of amides is 2. The maximum Gasteiger partial charge on any atom is 0.352 e. The van der Waals surface area contributed by atoms with E-state index < -0.39 is 34.9 Å². The van der Waals surface area contributed by atoms with Gasteiger partial charge in [-0.15, -0.1) is 16.9 Å². The molecule has 2 aromatic rings. The van der Waals surface area contributed by atoms with Gasteiger partial charge in [-0.05, 0) is 34.2 Å². The maximum absolute atomic E-state index is 12.9. The number of ether oxygens (including phenoxy) is 1. The maximum atomic E-state index is 12.9. The van der Waals surface area contributed by atoms with Gasteiger partial charge in [-0.3, -0.25) is 14.5 Å². The van der Waals surface area contributed by atoms with Crippen molar-refractivity contribution in [1.82, 2.24) is 30.4 Å². The number of β-lactam (4-membered cyclic amide) rings is 1. The van der Waals surface area contributed by atoms with Crippen LogP contribution in [0.3, 0.4) is 0 Å². The van der Waals surface area contributed by atoms with Crippen molar-refractivity contribution in [3.8, 4) is 11.5 Å². The molecule has 1 unspecified atom stereocenters. The molecule has 0 bridgehead atoms. The van der Waals surface area contributed by atoms with Gasteiger partial charge in [-0.25, -0.2) is 9.48 Å². The van der Waals surface area contributed by atoms with E-state index in [1.165, 1.54) is 53.5 Å². The van der Waals surface area contributed by atoms with Crippen LogP contribution in [-0.4, -0.2) is 94.1 Å². The second-order valence-electron chi connectivity index (χ2n) is 7.33. The normalized spacial score (nSPS) is 19.8. The Bertz CT molecular complexity index is 1260. The molecular weight excluding hydrogens is 502 g/mol. The third-order valence-corrected chi connectivity index (χ3v) is 7.70. The van der Waals surface area contributed by atoms with Gasteiger partial charge in [0.1, 0.15) is 17.1 Å². The van der Waals surface area contributed by atoms with Gasteiger partial charge >= 0.3 is 5.97 Å². The number of tetrazole rings is 1. The fourth-order valence-corrected chi connectivity index (χ4v) is 5.89. The zero-order valence-electron chi connectivity index (χ0n) is 18.3. The number of phenols is 1. The summed E-state index contributed by atoms with van der Waals surface area (Å²) in [5.74, 6) is -2.24. The zero-order chi connectivity index (χ0) is 25.3. The van der Waals surface area contributed by atoms with E-state index in [9.17, 15) is 29.8 Å². The second kappa shape index (κ2) is 9.83. The molecule has 2 aliphatic rings. The number of carboxylic acids is 1. The SMILES string of the molecule is COc1cc(C(=NO)C(=O)NC2C(=O)N3C(C(=O)O)=C(CSc4nnnn4C)CS[C@@H]23)ccc1O. The van der Waals surface area contributed by atoms with Gasteiger partial charge in [0.15, 0.2) is 17.2 Å². The summed E-state index contributed by atoms with van der Waals surface area (Å²) in [5, 5.41) is 45.4. The molecule has 0 saturated carbocycles. The molecule has 35 heavy (non-hydrogen) atoms. The van der Waals surface area contributed by atoms with Crippen molar-refractivity contribution < 1.29 is 34.5 Å². The molecule has 0 spiro atoms. The summed E-state index contributed by atoms with van der Waals surface area (Å²) in [5.41, 5.74) is 0.131. The Labute approximate surface area is 206 Å². The summed E-state index contributed by atoms with van der Waals surface area (Å²) in [6.45, 7) is 0. The Morgan fingerprint density at radius 1 is 1.40 bits per heavy atom. The van der Waals surface area contributed by atoms with Crippen molar-refractivity contribution in [3.63, 3.8) is 0 Å². The van der Waals surface area contributed by atoms with Crippen LogP contribution in [0.2, 0.25) is 0 Å². The number of hydrogen-bond acceptors (Lipinski definition) is 12. The lowest BCUT2D eigenvalue weighted by molar-refractivity contribution is -0.150. The minimum Gasteiger partial charge on any atom is -0.504 e. The van der Waals surface area contributed by atoms with Crippen LogP contribution in [0.5, 0.6) is 11.5 Å². The molecule has 4 rings (SSSR count). The number of carbonyl (C=O) groups is 3. The Morgan fingerprint density at radius 2 is 2.17 bits per heavy atom. The van der Waals surface area contributed by atoms with Crippen molar-refractivity contribution in [2.24, 2.45) is 12.2 Å². The lowest BCUT2D eigenvalue weighted by atomic mass is 10.0. The van der Waals surface area contributed by atoms with Crippen molar-refractivity contribution >= 4 is 47.0 Å². The number of carboxylic acid groups (broad SMARTS) is 1. The number of carbonyl (C=O) groups excluding carboxylic acids is 2. The van der Waals surface area contributed by atoms with Gasteiger partial charge in [0.25, 0.3) is 11.8 Å². The fraction of sp³-hybridized carbons (Fsp3) is 0.316. The minimum absolute atomic E-state index is 0.0592. The largest absolute Gasteiger partial charge is 0.504 e. The van der Waals surface area contributed by atoms with Crippen molar-refractivity contribution in [2.45, 2.75) is 16.6 Å². The Hall–Kier alpha value is -3.79. The molecule has 0 aliphatic carbocycles. The highest BCUT2D eigenvalue weighted by atomic mass is 32.2. The van der Waals surface area contributed by atoms with Crippen LogP contribution < -0.4 is 10.1 Å². The molecule has 184 valence electrons. The number of oxime groups is 1. The molecule has 1 aromatic carbocycles. The van der Waals surface area contributed by atoms with Crippen LogP contribution in [0.1, 0.15) is 5.56 Å². The molecule has 2 aliphatic heterocycles. The number of aliphatic carboxylic acids is 1. The molecule has 1 aromatic heterocycles. The molecule has 2 atom stereocenters. The number of phenolic OH excluding ortho intramolecular Hbond substituents is 1. The van der Waals surface area contributed by atoms with Gasteiger partial charge in [0.05, 0.1) is 7.11 Å². The number of aryl methyl sites for hydroxylation is 1. The van der Waals surface area contributed by atoms with E-state index >= 15 is 0 Å². The number of rotatable bonds is 8. The minimum atomic E-state index is -1.26. The smallest absolute Gasteiger partial charge is 0.352 e. The number of fused-ring (bicyclic) bond motifs is 1. The van der Waals surface area contributed by atoms with Gasteiger partial charge < -0.3 is 25.5 Å². The van der Waals surface area contributed by atoms with Crippen LogP contribution in [0, 0.1) is 0 Å². The number of aromatic nitrogens is 4. The molecule has 2 amide bonds. The number of nitrogens with zero attached hydrogens (tertiary/aromatic N) is 6. The standard InChI is InChI=1S/C19H19N7O7S2/c1-25-19(21-23-24-25)35-7-9-6-34-17-13(16(29)26(17)14(9)18(30)31)20-15(28)12(22-32)8-3-4-10(27)11(5-8)33-2/h3-5,13,17,27,32H,6-7H2,1-2H3,(H,20,28)(H,30,31)/t13?,17-/m0/s1. The van der Waals surface area contributed by atoms with Crippen molar-refractivity contribution in [3.05, 3.63) is 35.0 Å². The molecule has 14 nitrogen and oxygen atoms in total. The predicted molar refractivity (Wildman–Crippen MR) is 122 cm³/mol. The zero-order valence-corrected chi connectivity index (χ0v) is 19.9. The first-order chi connectivity index (χ1) is 16.8. The van der Waals surface area contributed by atoms with Crippen LogP contribution >= 0.6 is 23.5 Å². The van der Waals surface area contributed by atoms with E-state index in [0.717, 1.165) is 4.90 Å². The van der Waals surface area contributed by atoms with E-state index in [1.807, 2.05) is 0 Å².